The normalized spacial score (nSPS) is 21.7. The van der Waals surface area contributed by atoms with Crippen LogP contribution < -0.4 is 19.4 Å². The molecule has 0 saturated carbocycles. The maximum Gasteiger partial charge on any atom is 0.266 e. The zero-order valence-electron chi connectivity index (χ0n) is 18.3. The van der Waals surface area contributed by atoms with E-state index < -0.39 is 29.9 Å². The highest BCUT2D eigenvalue weighted by Crippen LogP contribution is 2.51. The van der Waals surface area contributed by atoms with Crippen molar-refractivity contribution in [3.8, 4) is 11.5 Å². The van der Waals surface area contributed by atoms with Crippen LogP contribution in [-0.4, -0.2) is 32.1 Å². The van der Waals surface area contributed by atoms with Gasteiger partial charge in [-0.15, -0.1) is 0 Å². The van der Waals surface area contributed by atoms with E-state index in [0.29, 0.717) is 22.7 Å². The highest BCUT2D eigenvalue weighted by atomic mass is 35.5. The molecular weight excluding hydrogens is 479 g/mol. The molecule has 9 heteroatoms. The van der Waals surface area contributed by atoms with Gasteiger partial charge in [-0.2, -0.15) is 0 Å². The van der Waals surface area contributed by atoms with Gasteiger partial charge in [-0.1, -0.05) is 47.5 Å². The van der Waals surface area contributed by atoms with E-state index in [4.69, 9.17) is 37.5 Å². The molecule has 7 nitrogen and oxygen atoms in total. The lowest BCUT2D eigenvalue weighted by molar-refractivity contribution is -0.126. The lowest BCUT2D eigenvalue weighted by atomic mass is 9.89. The number of nitrogens with zero attached hydrogens (tertiary/aromatic N) is 2. The van der Waals surface area contributed by atoms with E-state index in [2.05, 4.69) is 0 Å². The molecule has 174 valence electrons. The molecule has 0 aromatic heterocycles. The van der Waals surface area contributed by atoms with Crippen molar-refractivity contribution in [1.82, 2.24) is 0 Å². The Balaban J connectivity index is 1.66. The van der Waals surface area contributed by atoms with Crippen molar-refractivity contribution in [3.63, 3.8) is 0 Å². The Morgan fingerprint density at radius 1 is 0.853 bits per heavy atom. The zero-order chi connectivity index (χ0) is 24.0. The number of para-hydroxylation sites is 2. The molecule has 2 aliphatic heterocycles. The standard InChI is InChI=1S/C25H20Cl2N2O5/c1-32-15-11-12-19(33-2)16(13-15)21-20-23(34-29(21)14-7-4-3-5-8-14)25(31)28(24(20)30)22-17(26)9-6-10-18(22)27/h3-13,20-21,23H,1-2H3. The van der Waals surface area contributed by atoms with Gasteiger partial charge in [0.05, 0.1) is 35.6 Å². The number of hydroxylamine groups is 1. The second-order valence-corrected chi connectivity index (χ2v) is 8.66. The molecular formula is C25H20Cl2N2O5. The van der Waals surface area contributed by atoms with Gasteiger partial charge in [-0.3, -0.25) is 14.4 Å². The first-order valence-electron chi connectivity index (χ1n) is 10.5. The third kappa shape index (κ3) is 3.48. The smallest absolute Gasteiger partial charge is 0.266 e. The summed E-state index contributed by atoms with van der Waals surface area (Å²) in [5, 5.41) is 1.99. The number of amides is 2. The Bertz CT molecular complexity index is 1250. The number of carbonyl (C=O) groups excluding carboxylic acids is 2. The minimum absolute atomic E-state index is 0.154. The maximum atomic E-state index is 13.8. The van der Waals surface area contributed by atoms with Crippen LogP contribution in [-0.2, 0) is 14.4 Å². The van der Waals surface area contributed by atoms with E-state index in [9.17, 15) is 9.59 Å². The van der Waals surface area contributed by atoms with Gasteiger partial charge in [-0.05, 0) is 42.5 Å². The number of carbonyl (C=O) groups is 2. The van der Waals surface area contributed by atoms with Crippen molar-refractivity contribution < 1.29 is 23.9 Å². The molecule has 2 amide bonds. The minimum Gasteiger partial charge on any atom is -0.497 e. The molecule has 5 rings (SSSR count). The highest BCUT2D eigenvalue weighted by molar-refractivity contribution is 6.42. The SMILES string of the molecule is COc1ccc(OC)c(C2C3C(=O)N(c4c(Cl)cccc4Cl)C(=O)C3ON2c2ccccc2)c1. The number of fused-ring (bicyclic) bond motifs is 1. The quantitative estimate of drug-likeness (QED) is 0.458. The molecule has 2 fully saturated rings. The van der Waals surface area contributed by atoms with E-state index in [1.54, 1.807) is 55.7 Å². The van der Waals surface area contributed by atoms with Gasteiger partial charge >= 0.3 is 0 Å². The van der Waals surface area contributed by atoms with Gasteiger partial charge in [0.15, 0.2) is 6.10 Å². The van der Waals surface area contributed by atoms with Crippen LogP contribution in [0.2, 0.25) is 10.0 Å². The molecule has 0 bridgehead atoms. The largest absolute Gasteiger partial charge is 0.497 e. The van der Waals surface area contributed by atoms with Crippen LogP contribution in [0.5, 0.6) is 11.5 Å². The predicted octanol–water partition coefficient (Wildman–Crippen LogP) is 5.06. The van der Waals surface area contributed by atoms with Crippen molar-refractivity contribution in [2.45, 2.75) is 12.1 Å². The minimum atomic E-state index is -1.07. The number of imide groups is 1. The van der Waals surface area contributed by atoms with Crippen molar-refractivity contribution in [2.24, 2.45) is 5.92 Å². The second-order valence-electron chi connectivity index (χ2n) is 7.85. The lowest BCUT2D eigenvalue weighted by Crippen LogP contribution is -2.37. The van der Waals surface area contributed by atoms with Crippen molar-refractivity contribution in [1.29, 1.82) is 0 Å². The van der Waals surface area contributed by atoms with Crippen molar-refractivity contribution in [2.75, 3.05) is 24.2 Å². The average Bonchev–Trinajstić information content (AvgIpc) is 3.36. The third-order valence-corrected chi connectivity index (χ3v) is 6.65. The summed E-state index contributed by atoms with van der Waals surface area (Å²) in [6, 6.07) is 18.7. The van der Waals surface area contributed by atoms with Gasteiger partial charge in [0.25, 0.3) is 5.91 Å². The van der Waals surface area contributed by atoms with Gasteiger partial charge in [0.2, 0.25) is 5.91 Å². The highest BCUT2D eigenvalue weighted by Gasteiger charge is 2.61. The van der Waals surface area contributed by atoms with Crippen LogP contribution in [0.4, 0.5) is 11.4 Å². The van der Waals surface area contributed by atoms with Gasteiger partial charge < -0.3 is 9.47 Å². The number of rotatable bonds is 5. The summed E-state index contributed by atoms with van der Waals surface area (Å²) in [4.78, 5) is 34.5. The topological polar surface area (TPSA) is 68.3 Å². The number of benzene rings is 3. The Morgan fingerprint density at radius 2 is 1.56 bits per heavy atom. The fraction of sp³-hybridized carbons (Fsp3) is 0.200. The fourth-order valence-corrected chi connectivity index (χ4v) is 5.09. The maximum absolute atomic E-state index is 13.8. The van der Waals surface area contributed by atoms with Gasteiger partial charge in [0.1, 0.15) is 23.5 Å². The summed E-state index contributed by atoms with van der Waals surface area (Å²) < 4.78 is 11.0. The van der Waals surface area contributed by atoms with Gasteiger partial charge in [-0.25, -0.2) is 9.96 Å². The number of methoxy groups -OCH3 is 2. The molecule has 34 heavy (non-hydrogen) atoms. The number of halogens is 2. The molecule has 0 aliphatic carbocycles. The predicted molar refractivity (Wildman–Crippen MR) is 129 cm³/mol. The Hall–Kier alpha value is -3.26. The summed E-state index contributed by atoms with van der Waals surface area (Å²) in [5.41, 5.74) is 1.49. The van der Waals surface area contributed by atoms with E-state index >= 15 is 0 Å². The number of hydrogen-bond donors (Lipinski definition) is 0. The first kappa shape index (κ1) is 22.5. The van der Waals surface area contributed by atoms with Crippen LogP contribution >= 0.6 is 23.2 Å². The molecule has 0 spiro atoms. The van der Waals surface area contributed by atoms with E-state index in [1.165, 1.54) is 0 Å². The molecule has 0 N–H and O–H groups in total. The monoisotopic (exact) mass is 498 g/mol. The average molecular weight is 499 g/mol. The fourth-order valence-electron chi connectivity index (χ4n) is 4.52. The molecule has 0 radical (unpaired) electrons. The number of anilines is 2. The molecule has 3 aromatic rings. The van der Waals surface area contributed by atoms with E-state index in [1.807, 2.05) is 30.3 Å². The Labute approximate surface area is 206 Å². The van der Waals surface area contributed by atoms with Crippen LogP contribution in [0.15, 0.2) is 66.7 Å². The number of ether oxygens (including phenoxy) is 2. The van der Waals surface area contributed by atoms with Gasteiger partial charge in [0, 0.05) is 5.56 Å². The Kier molecular flexibility index (Phi) is 5.85. The summed E-state index contributed by atoms with van der Waals surface area (Å²) >= 11 is 12.7. The zero-order valence-corrected chi connectivity index (χ0v) is 19.8. The molecule has 2 saturated heterocycles. The molecule has 3 atom stereocenters. The molecule has 3 unspecified atom stereocenters. The second kappa shape index (κ2) is 8.83. The van der Waals surface area contributed by atoms with Crippen molar-refractivity contribution in [3.05, 3.63) is 82.3 Å². The molecule has 2 heterocycles. The first-order valence-corrected chi connectivity index (χ1v) is 11.3. The lowest BCUT2D eigenvalue weighted by Gasteiger charge is -2.30. The van der Waals surface area contributed by atoms with Crippen molar-refractivity contribution >= 4 is 46.4 Å². The summed E-state index contributed by atoms with van der Waals surface area (Å²) in [5.74, 6) is -0.754. The number of hydrogen-bond acceptors (Lipinski definition) is 6. The molecule has 2 aliphatic rings. The van der Waals surface area contributed by atoms with E-state index in [-0.39, 0.29) is 15.7 Å². The van der Waals surface area contributed by atoms with Crippen LogP contribution in [0.1, 0.15) is 11.6 Å². The Morgan fingerprint density at radius 3 is 2.21 bits per heavy atom. The third-order valence-electron chi connectivity index (χ3n) is 6.04. The first-order chi connectivity index (χ1) is 16.5. The van der Waals surface area contributed by atoms with Crippen LogP contribution in [0.3, 0.4) is 0 Å². The van der Waals surface area contributed by atoms with Crippen LogP contribution in [0, 0.1) is 5.92 Å². The summed E-state index contributed by atoms with van der Waals surface area (Å²) in [6.45, 7) is 0. The summed E-state index contributed by atoms with van der Waals surface area (Å²) in [7, 11) is 3.10. The van der Waals surface area contributed by atoms with E-state index in [0.717, 1.165) is 4.90 Å². The molecule has 3 aromatic carbocycles. The van der Waals surface area contributed by atoms with Crippen LogP contribution in [0.25, 0.3) is 0 Å². The summed E-state index contributed by atoms with van der Waals surface area (Å²) in [6.07, 6.45) is -1.07.